The van der Waals surface area contributed by atoms with Crippen molar-refractivity contribution in [2.24, 2.45) is 0 Å². The largest absolute Gasteiger partial charge is 0.317 e. The number of rotatable bonds is 0. The fraction of sp³-hybridized carbons (Fsp3) is 1.00. The number of halogens is 2. The van der Waals surface area contributed by atoms with Gasteiger partial charge in [0.2, 0.25) is 0 Å². The predicted molar refractivity (Wildman–Crippen MR) is 52.9 cm³/mol. The van der Waals surface area contributed by atoms with Gasteiger partial charge in [-0.1, -0.05) is 0 Å². The van der Waals surface area contributed by atoms with Gasteiger partial charge in [-0.3, -0.25) is 0 Å². The van der Waals surface area contributed by atoms with Crippen LogP contribution in [0, 0.1) is 0 Å². The maximum atomic E-state index is 3.22. The first kappa shape index (κ1) is 11.2. The molecular weight excluding hydrogens is 316 g/mol. The fourth-order valence-electron chi connectivity index (χ4n) is 0.625. The molecule has 0 aromatic rings. The minimum absolute atomic E-state index is 0. The van der Waals surface area contributed by atoms with Crippen molar-refractivity contribution in [1.29, 1.82) is 0 Å². The molecule has 3 heteroatoms. The lowest BCUT2D eigenvalue weighted by Gasteiger charge is -1.76. The Morgan fingerprint density at radius 3 is 1.43 bits per heavy atom. The summed E-state index contributed by atoms with van der Waals surface area (Å²) in [5, 5.41) is 3.22. The molecule has 1 nitrogen and oxygen atoms in total. The number of nitrogens with one attached hydrogen (secondary N) is 1. The molecule has 1 N–H and O–H groups in total. The molecule has 0 aromatic heterocycles. The predicted octanol–water partition coefficient (Wildman–Crippen LogP) is 1.61. The highest BCUT2D eigenvalue weighted by molar-refractivity contribution is 14.0. The summed E-state index contributed by atoms with van der Waals surface area (Å²) in [7, 11) is 0. The second kappa shape index (κ2) is 7.42. The minimum Gasteiger partial charge on any atom is -0.317 e. The van der Waals surface area contributed by atoms with Crippen LogP contribution in [0.15, 0.2) is 0 Å². The third-order valence-electron chi connectivity index (χ3n) is 0.957. The van der Waals surface area contributed by atoms with Crippen LogP contribution < -0.4 is 5.32 Å². The van der Waals surface area contributed by atoms with Gasteiger partial charge in [-0.25, -0.2) is 0 Å². The van der Waals surface area contributed by atoms with Gasteiger partial charge in [0.05, 0.1) is 0 Å². The highest BCUT2D eigenvalue weighted by Crippen LogP contribution is 1.90. The Morgan fingerprint density at radius 1 is 0.857 bits per heavy atom. The molecule has 1 aliphatic heterocycles. The van der Waals surface area contributed by atoms with Gasteiger partial charge in [0.15, 0.2) is 0 Å². The lowest BCUT2D eigenvalue weighted by molar-refractivity contribution is 0.857. The van der Waals surface area contributed by atoms with Gasteiger partial charge in [0, 0.05) is 0 Å². The third kappa shape index (κ3) is 5.29. The lowest BCUT2D eigenvalue weighted by atomic mass is 10.4. The van der Waals surface area contributed by atoms with E-state index in [-0.39, 0.29) is 48.0 Å². The second-order valence-corrected chi connectivity index (χ2v) is 1.46. The van der Waals surface area contributed by atoms with Crippen LogP contribution >= 0.6 is 48.0 Å². The van der Waals surface area contributed by atoms with E-state index < -0.39 is 0 Å². The molecule has 0 spiro atoms. The van der Waals surface area contributed by atoms with E-state index in [0.29, 0.717) is 0 Å². The standard InChI is InChI=1S/C4H9N.2HI/c1-2-4-5-3-1;;/h5H,1-4H2;2*1H. The van der Waals surface area contributed by atoms with Crippen LogP contribution in [0.1, 0.15) is 12.8 Å². The van der Waals surface area contributed by atoms with Crippen molar-refractivity contribution in [1.82, 2.24) is 5.32 Å². The van der Waals surface area contributed by atoms with Gasteiger partial charge >= 0.3 is 0 Å². The molecular formula is C4H11I2N. The molecule has 46 valence electrons. The summed E-state index contributed by atoms with van der Waals surface area (Å²) in [5.74, 6) is 0. The normalized spacial score (nSPS) is 17.1. The Balaban J connectivity index is 0. The zero-order chi connectivity index (χ0) is 3.54. The molecule has 1 fully saturated rings. The molecule has 0 saturated carbocycles. The number of hydrogen-bond donors (Lipinski definition) is 1. The van der Waals surface area contributed by atoms with Crippen LogP contribution in [0.2, 0.25) is 0 Å². The second-order valence-electron chi connectivity index (χ2n) is 1.46. The summed E-state index contributed by atoms with van der Waals surface area (Å²) in [6, 6.07) is 0. The molecule has 0 atom stereocenters. The summed E-state index contributed by atoms with van der Waals surface area (Å²) in [6.45, 7) is 2.50. The van der Waals surface area contributed by atoms with Crippen molar-refractivity contribution in [3.63, 3.8) is 0 Å². The molecule has 0 amide bonds. The average Bonchev–Trinajstić information content (AvgIpc) is 1.76. The van der Waals surface area contributed by atoms with E-state index >= 15 is 0 Å². The molecule has 0 unspecified atom stereocenters. The average molecular weight is 327 g/mol. The molecule has 1 rings (SSSR count). The Hall–Kier alpha value is 1.42. The fourth-order valence-corrected chi connectivity index (χ4v) is 0.625. The molecule has 0 aromatic carbocycles. The van der Waals surface area contributed by atoms with Crippen LogP contribution in [0.25, 0.3) is 0 Å². The molecule has 1 aliphatic rings. The summed E-state index contributed by atoms with van der Waals surface area (Å²) >= 11 is 0. The van der Waals surface area contributed by atoms with Gasteiger partial charge < -0.3 is 5.32 Å². The summed E-state index contributed by atoms with van der Waals surface area (Å²) < 4.78 is 0. The van der Waals surface area contributed by atoms with Crippen LogP contribution in [0.3, 0.4) is 0 Å². The lowest BCUT2D eigenvalue weighted by Crippen LogP contribution is -2.03. The van der Waals surface area contributed by atoms with Gasteiger partial charge in [0.25, 0.3) is 0 Å². The first-order valence-electron chi connectivity index (χ1n) is 2.21. The Kier molecular flexibility index (Phi) is 11.9. The van der Waals surface area contributed by atoms with E-state index in [2.05, 4.69) is 5.32 Å². The Labute approximate surface area is 78.7 Å². The zero-order valence-electron chi connectivity index (χ0n) is 4.14. The first-order chi connectivity index (χ1) is 2.50. The molecule has 0 bridgehead atoms. The minimum atomic E-state index is 0. The van der Waals surface area contributed by atoms with Crippen LogP contribution in [0.4, 0.5) is 0 Å². The van der Waals surface area contributed by atoms with Crippen molar-refractivity contribution in [2.75, 3.05) is 13.1 Å². The van der Waals surface area contributed by atoms with Crippen LogP contribution in [-0.4, -0.2) is 13.1 Å². The van der Waals surface area contributed by atoms with E-state index in [1.54, 1.807) is 0 Å². The summed E-state index contributed by atoms with van der Waals surface area (Å²) in [5.41, 5.74) is 0. The van der Waals surface area contributed by atoms with Gasteiger partial charge in [-0.05, 0) is 25.9 Å². The first-order valence-corrected chi connectivity index (χ1v) is 2.21. The molecule has 1 saturated heterocycles. The smallest absolute Gasteiger partial charge is 0.00484 e. The van der Waals surface area contributed by atoms with E-state index in [0.717, 1.165) is 0 Å². The van der Waals surface area contributed by atoms with Crippen molar-refractivity contribution >= 4 is 48.0 Å². The number of hydrogen-bond acceptors (Lipinski definition) is 1. The molecule has 0 radical (unpaired) electrons. The van der Waals surface area contributed by atoms with Crippen molar-refractivity contribution in [3.05, 3.63) is 0 Å². The van der Waals surface area contributed by atoms with Crippen LogP contribution in [-0.2, 0) is 0 Å². The Bertz CT molecular complexity index is 21.3. The monoisotopic (exact) mass is 327 g/mol. The molecule has 0 aliphatic carbocycles. The van der Waals surface area contributed by atoms with Gasteiger partial charge in [0.1, 0.15) is 0 Å². The van der Waals surface area contributed by atoms with Gasteiger partial charge in [-0.15, -0.1) is 48.0 Å². The van der Waals surface area contributed by atoms with Crippen molar-refractivity contribution in [3.8, 4) is 0 Å². The molecule has 1 heterocycles. The highest BCUT2D eigenvalue weighted by Gasteiger charge is 1.93. The van der Waals surface area contributed by atoms with Crippen molar-refractivity contribution < 1.29 is 0 Å². The maximum absolute atomic E-state index is 3.22. The third-order valence-corrected chi connectivity index (χ3v) is 0.957. The maximum Gasteiger partial charge on any atom is -0.00484 e. The van der Waals surface area contributed by atoms with E-state index in [1.807, 2.05) is 0 Å². The van der Waals surface area contributed by atoms with E-state index in [4.69, 9.17) is 0 Å². The van der Waals surface area contributed by atoms with Crippen molar-refractivity contribution in [2.45, 2.75) is 12.8 Å². The highest BCUT2D eigenvalue weighted by atomic mass is 127. The zero-order valence-corrected chi connectivity index (χ0v) is 8.81. The van der Waals surface area contributed by atoms with Gasteiger partial charge in [-0.2, -0.15) is 0 Å². The Morgan fingerprint density at radius 2 is 1.29 bits per heavy atom. The topological polar surface area (TPSA) is 12.0 Å². The quantitative estimate of drug-likeness (QED) is 0.667. The molecule has 7 heavy (non-hydrogen) atoms. The summed E-state index contributed by atoms with van der Waals surface area (Å²) in [6.07, 6.45) is 2.78. The van der Waals surface area contributed by atoms with E-state index in [9.17, 15) is 0 Å². The van der Waals surface area contributed by atoms with E-state index in [1.165, 1.54) is 25.9 Å². The SMILES string of the molecule is C1CCNC1.I.I. The van der Waals surface area contributed by atoms with Crippen LogP contribution in [0.5, 0.6) is 0 Å². The summed E-state index contributed by atoms with van der Waals surface area (Å²) in [4.78, 5) is 0.